The number of anilines is 1. The molecule has 17 heteroatoms. The van der Waals surface area contributed by atoms with Crippen molar-refractivity contribution in [2.75, 3.05) is 51.9 Å². The van der Waals surface area contributed by atoms with Gasteiger partial charge in [-0.3, -0.25) is 9.69 Å². The topological polar surface area (TPSA) is 144 Å². The Bertz CT molecular complexity index is 2090. The maximum absolute atomic E-state index is 13.6. The minimum atomic E-state index is -5.19. The number of amides is 1. The van der Waals surface area contributed by atoms with Crippen molar-refractivity contribution in [2.24, 2.45) is 0 Å². The summed E-state index contributed by atoms with van der Waals surface area (Å²) in [7, 11) is -4.61. The number of alkyl halides is 3. The van der Waals surface area contributed by atoms with Crippen LogP contribution in [0, 0.1) is 0 Å². The van der Waals surface area contributed by atoms with Crippen LogP contribution in [0.4, 0.5) is 18.9 Å². The molecule has 0 aromatic heterocycles. The Morgan fingerprint density at radius 1 is 0.712 bits per heavy atom. The van der Waals surface area contributed by atoms with E-state index in [9.17, 15) is 34.8 Å². The summed E-state index contributed by atoms with van der Waals surface area (Å²) in [4.78, 5) is 13.0. The maximum Gasteiger partial charge on any atom is 0.471 e. The first kappa shape index (κ1) is 41.5. The molecule has 0 heterocycles. The SMILES string of the molecule is COc1cc(-c2cc(OC)c(-c3ccc(OCC=C(C)C)c(OS(C)(=O)=O)c3)c(OS(C)(=O)=O)c2OC)ccc1N(CC=C(C)C)C(=O)C(F)(F)F. The number of ether oxygens (including phenoxy) is 4. The minimum Gasteiger partial charge on any atom is -0.496 e. The Morgan fingerprint density at radius 2 is 1.29 bits per heavy atom. The van der Waals surface area contributed by atoms with Crippen LogP contribution in [0.3, 0.4) is 0 Å². The van der Waals surface area contributed by atoms with Crippen molar-refractivity contribution < 1.29 is 62.1 Å². The zero-order valence-corrected chi connectivity index (χ0v) is 31.6. The fourth-order valence-electron chi connectivity index (χ4n) is 4.79. The van der Waals surface area contributed by atoms with Crippen LogP contribution >= 0.6 is 0 Å². The monoisotopic (exact) mass is 771 g/mol. The van der Waals surface area contributed by atoms with Crippen molar-refractivity contribution in [3.05, 3.63) is 65.8 Å². The molecule has 1 amide bonds. The molecular formula is C35H40F3NO11S2. The van der Waals surface area contributed by atoms with E-state index < -0.39 is 38.9 Å². The highest BCUT2D eigenvalue weighted by Crippen LogP contribution is 2.52. The van der Waals surface area contributed by atoms with E-state index in [2.05, 4.69) is 0 Å². The average Bonchev–Trinajstić information content (AvgIpc) is 3.02. The third-order valence-corrected chi connectivity index (χ3v) is 7.97. The van der Waals surface area contributed by atoms with Gasteiger partial charge in [-0.25, -0.2) is 0 Å². The normalized spacial score (nSPS) is 11.6. The Labute approximate surface area is 301 Å². The van der Waals surface area contributed by atoms with Crippen molar-refractivity contribution in [2.45, 2.75) is 33.9 Å². The number of hydrogen-bond donors (Lipinski definition) is 0. The lowest BCUT2D eigenvalue weighted by Crippen LogP contribution is -2.41. The van der Waals surface area contributed by atoms with Gasteiger partial charge in [0, 0.05) is 12.1 Å². The summed E-state index contributed by atoms with van der Waals surface area (Å²) in [5.74, 6) is -2.91. The maximum atomic E-state index is 13.6. The van der Waals surface area contributed by atoms with Gasteiger partial charge in [-0.15, -0.1) is 0 Å². The largest absolute Gasteiger partial charge is 0.496 e. The van der Waals surface area contributed by atoms with Crippen molar-refractivity contribution >= 4 is 31.8 Å². The molecule has 3 aromatic rings. The van der Waals surface area contributed by atoms with Crippen LogP contribution in [0.15, 0.2) is 65.8 Å². The quantitative estimate of drug-likeness (QED) is 0.117. The fourth-order valence-corrected chi connectivity index (χ4v) is 5.71. The van der Waals surface area contributed by atoms with Gasteiger partial charge in [0.2, 0.25) is 0 Å². The fraction of sp³-hybridized carbons (Fsp3) is 0.343. The molecule has 0 unspecified atom stereocenters. The molecule has 0 atom stereocenters. The van der Waals surface area contributed by atoms with Crippen LogP contribution in [0.1, 0.15) is 27.7 Å². The first-order valence-corrected chi connectivity index (χ1v) is 18.9. The third kappa shape index (κ3) is 10.8. The van der Waals surface area contributed by atoms with Gasteiger partial charge in [-0.05, 0) is 75.2 Å². The second-order valence-electron chi connectivity index (χ2n) is 11.8. The Morgan fingerprint density at radius 3 is 1.81 bits per heavy atom. The lowest BCUT2D eigenvalue weighted by molar-refractivity contribution is -0.170. The first-order valence-electron chi connectivity index (χ1n) is 15.3. The summed E-state index contributed by atoms with van der Waals surface area (Å²) in [5.41, 5.74) is 2.01. The number of benzene rings is 3. The molecule has 0 saturated heterocycles. The molecule has 0 fully saturated rings. The van der Waals surface area contributed by atoms with Crippen molar-refractivity contribution in [3.63, 3.8) is 0 Å². The van der Waals surface area contributed by atoms with Crippen molar-refractivity contribution in [3.8, 4) is 56.8 Å². The van der Waals surface area contributed by atoms with E-state index in [1.165, 1.54) is 69.9 Å². The van der Waals surface area contributed by atoms with Crippen molar-refractivity contribution in [1.29, 1.82) is 0 Å². The summed E-state index contributed by atoms with van der Waals surface area (Å²) in [6.07, 6.45) is -0.336. The highest BCUT2D eigenvalue weighted by Gasteiger charge is 2.43. The molecule has 284 valence electrons. The van der Waals surface area contributed by atoms with Gasteiger partial charge < -0.3 is 27.3 Å². The molecule has 0 N–H and O–H groups in total. The van der Waals surface area contributed by atoms with Gasteiger partial charge >= 0.3 is 32.3 Å². The van der Waals surface area contributed by atoms with E-state index in [0.29, 0.717) is 10.5 Å². The predicted molar refractivity (Wildman–Crippen MR) is 191 cm³/mol. The summed E-state index contributed by atoms with van der Waals surface area (Å²) < 4.78 is 124. The number of halogens is 3. The Kier molecular flexibility index (Phi) is 13.3. The van der Waals surface area contributed by atoms with Gasteiger partial charge in [0.25, 0.3) is 0 Å². The second-order valence-corrected chi connectivity index (χ2v) is 14.9. The van der Waals surface area contributed by atoms with Crippen LogP contribution < -0.4 is 32.2 Å². The Balaban J connectivity index is 2.37. The van der Waals surface area contributed by atoms with E-state index in [1.54, 1.807) is 19.9 Å². The number of carbonyl (C=O) groups excluding carboxylic acids is 1. The number of methoxy groups -OCH3 is 3. The lowest BCUT2D eigenvalue weighted by Gasteiger charge is -2.25. The zero-order valence-electron chi connectivity index (χ0n) is 30.0. The van der Waals surface area contributed by atoms with Crippen LogP contribution in [-0.4, -0.2) is 75.9 Å². The van der Waals surface area contributed by atoms with Crippen LogP contribution in [0.5, 0.6) is 34.5 Å². The van der Waals surface area contributed by atoms with Crippen LogP contribution in [0.2, 0.25) is 0 Å². The molecule has 3 rings (SSSR count). The molecule has 3 aromatic carbocycles. The first-order chi connectivity index (χ1) is 24.1. The van der Waals surface area contributed by atoms with Gasteiger partial charge in [0.1, 0.15) is 18.1 Å². The molecule has 0 aliphatic rings. The van der Waals surface area contributed by atoms with Crippen molar-refractivity contribution in [1.82, 2.24) is 0 Å². The summed E-state index contributed by atoms with van der Waals surface area (Å²) in [6, 6.07) is 9.64. The summed E-state index contributed by atoms with van der Waals surface area (Å²) in [6.45, 7) is 6.74. The molecule has 0 aliphatic heterocycles. The molecular weight excluding hydrogens is 732 g/mol. The number of allylic oxidation sites excluding steroid dienone is 2. The number of nitrogens with zero attached hydrogens (tertiary/aromatic N) is 1. The summed E-state index contributed by atoms with van der Waals surface area (Å²) >= 11 is 0. The minimum absolute atomic E-state index is 0.00924. The molecule has 0 radical (unpaired) electrons. The van der Waals surface area contributed by atoms with E-state index in [-0.39, 0.29) is 69.0 Å². The number of hydrogen-bond acceptors (Lipinski definition) is 11. The highest BCUT2D eigenvalue weighted by atomic mass is 32.2. The van der Waals surface area contributed by atoms with Gasteiger partial charge in [0.05, 0.1) is 45.1 Å². The smallest absolute Gasteiger partial charge is 0.471 e. The highest BCUT2D eigenvalue weighted by molar-refractivity contribution is 7.86. The van der Waals surface area contributed by atoms with E-state index in [1.807, 2.05) is 13.8 Å². The average molecular weight is 772 g/mol. The van der Waals surface area contributed by atoms with Gasteiger partial charge in [-0.2, -0.15) is 30.0 Å². The Hall–Kier alpha value is -4.90. The lowest BCUT2D eigenvalue weighted by atomic mass is 9.95. The van der Waals surface area contributed by atoms with Gasteiger partial charge in [0.15, 0.2) is 23.0 Å². The molecule has 12 nitrogen and oxygen atoms in total. The van der Waals surface area contributed by atoms with Gasteiger partial charge in [-0.1, -0.05) is 29.4 Å². The molecule has 0 spiro atoms. The van der Waals surface area contributed by atoms with E-state index in [0.717, 1.165) is 18.1 Å². The standard InChI is InChI=1S/C35H40F3NO11S2/c1-21(2)14-16-39(34(40)35(36,37)38)26-12-10-23(18-28(26)45-5)25-20-30(46-6)31(33(32(25)47-7)50-52(9,43)44)24-11-13-27(48-17-15-22(3)4)29(19-24)49-51(8,41)42/h10-15,18-20H,16-17H2,1-9H3. The number of rotatable bonds is 15. The zero-order chi connectivity index (χ0) is 39.2. The summed E-state index contributed by atoms with van der Waals surface area (Å²) in [5, 5.41) is 0. The van der Waals surface area contributed by atoms with E-state index in [4.69, 9.17) is 27.3 Å². The molecule has 0 aliphatic carbocycles. The predicted octanol–water partition coefficient (Wildman–Crippen LogP) is 6.93. The second kappa shape index (κ2) is 16.6. The third-order valence-electron chi connectivity index (χ3n) is 7.01. The van der Waals surface area contributed by atoms with E-state index >= 15 is 0 Å². The molecule has 52 heavy (non-hydrogen) atoms. The molecule has 0 bridgehead atoms. The van der Waals surface area contributed by atoms with Crippen LogP contribution in [-0.2, 0) is 25.0 Å². The molecule has 0 saturated carbocycles. The van der Waals surface area contributed by atoms with Crippen LogP contribution in [0.25, 0.3) is 22.3 Å². The number of carbonyl (C=O) groups is 1.